The Balaban J connectivity index is 1.48. The van der Waals surface area contributed by atoms with Gasteiger partial charge in [-0.1, -0.05) is 42.5 Å². The molecule has 0 aromatic heterocycles. The Morgan fingerprint density at radius 1 is 1.03 bits per heavy atom. The number of piperidine rings is 1. The van der Waals surface area contributed by atoms with Crippen LogP contribution in [0.4, 0.5) is 13.2 Å². The highest BCUT2D eigenvalue weighted by Crippen LogP contribution is 2.29. The molecule has 1 N–H and O–H groups in total. The normalized spacial score (nSPS) is 15.4. The van der Waals surface area contributed by atoms with Crippen LogP contribution in [-0.4, -0.2) is 29.8 Å². The van der Waals surface area contributed by atoms with Crippen LogP contribution in [0.2, 0.25) is 0 Å². The minimum absolute atomic E-state index is 0.0227. The minimum atomic E-state index is -4.42. The molecule has 30 heavy (non-hydrogen) atoms. The number of hydrogen-bond donors (Lipinski definition) is 1. The molecule has 0 saturated carbocycles. The first-order valence-corrected chi connectivity index (χ1v) is 9.79. The zero-order valence-corrected chi connectivity index (χ0v) is 16.4. The number of carbonyl (C=O) groups is 2. The third-order valence-electron chi connectivity index (χ3n) is 5.12. The first-order valence-electron chi connectivity index (χ1n) is 9.79. The maximum absolute atomic E-state index is 12.8. The van der Waals surface area contributed by atoms with Crippen molar-refractivity contribution in [3.05, 3.63) is 77.4 Å². The largest absolute Gasteiger partial charge is 0.416 e. The van der Waals surface area contributed by atoms with Gasteiger partial charge >= 0.3 is 6.18 Å². The van der Waals surface area contributed by atoms with E-state index >= 15 is 0 Å². The summed E-state index contributed by atoms with van der Waals surface area (Å²) in [5, 5.41) is 2.93. The average molecular weight is 416 g/mol. The van der Waals surface area contributed by atoms with E-state index in [-0.39, 0.29) is 17.7 Å². The van der Waals surface area contributed by atoms with E-state index in [1.807, 2.05) is 30.3 Å². The van der Waals surface area contributed by atoms with Gasteiger partial charge in [-0.15, -0.1) is 0 Å². The van der Waals surface area contributed by atoms with E-state index in [9.17, 15) is 22.8 Å². The predicted octanol–water partition coefficient (Wildman–Crippen LogP) is 4.27. The van der Waals surface area contributed by atoms with Crippen LogP contribution >= 0.6 is 0 Å². The number of amides is 2. The summed E-state index contributed by atoms with van der Waals surface area (Å²) in [7, 11) is 0. The number of alkyl halides is 3. The molecule has 0 spiro atoms. The molecule has 0 unspecified atom stereocenters. The Labute approximate surface area is 173 Å². The molecular weight excluding hydrogens is 393 g/mol. The van der Waals surface area contributed by atoms with Gasteiger partial charge in [0.1, 0.15) is 0 Å². The van der Waals surface area contributed by atoms with Gasteiger partial charge in [0.05, 0.1) is 5.56 Å². The molecule has 3 rings (SSSR count). The van der Waals surface area contributed by atoms with Crippen LogP contribution in [-0.2, 0) is 22.3 Å². The quantitative estimate of drug-likeness (QED) is 0.740. The number of carbonyl (C=O) groups excluding carboxylic acids is 2. The van der Waals surface area contributed by atoms with Crippen LogP contribution < -0.4 is 5.32 Å². The Kier molecular flexibility index (Phi) is 6.92. The van der Waals surface area contributed by atoms with E-state index in [0.717, 1.165) is 17.7 Å². The van der Waals surface area contributed by atoms with Gasteiger partial charge < -0.3 is 10.2 Å². The minimum Gasteiger partial charge on any atom is -0.352 e. The van der Waals surface area contributed by atoms with Crippen molar-refractivity contribution in [2.45, 2.75) is 25.6 Å². The number of likely N-dealkylation sites (tertiary alicyclic amines) is 1. The molecule has 0 atom stereocenters. The van der Waals surface area contributed by atoms with E-state index in [2.05, 4.69) is 5.32 Å². The Hall–Kier alpha value is -3.09. The zero-order chi connectivity index (χ0) is 21.6. The van der Waals surface area contributed by atoms with E-state index < -0.39 is 11.7 Å². The van der Waals surface area contributed by atoms with Crippen molar-refractivity contribution in [2.24, 2.45) is 5.92 Å². The molecule has 0 radical (unpaired) electrons. The Morgan fingerprint density at radius 3 is 2.40 bits per heavy atom. The average Bonchev–Trinajstić information content (AvgIpc) is 2.76. The zero-order valence-electron chi connectivity index (χ0n) is 16.4. The summed E-state index contributed by atoms with van der Waals surface area (Å²) in [4.78, 5) is 26.3. The molecule has 0 bridgehead atoms. The number of rotatable bonds is 5. The van der Waals surface area contributed by atoms with E-state index in [1.165, 1.54) is 24.3 Å². The van der Waals surface area contributed by atoms with E-state index in [4.69, 9.17) is 0 Å². The Bertz CT molecular complexity index is 902. The van der Waals surface area contributed by atoms with Crippen LogP contribution in [0.15, 0.2) is 60.7 Å². The van der Waals surface area contributed by atoms with Crippen LogP contribution in [0.3, 0.4) is 0 Å². The molecule has 1 aliphatic heterocycles. The highest BCUT2D eigenvalue weighted by molar-refractivity contribution is 5.92. The number of nitrogens with zero attached hydrogens (tertiary/aromatic N) is 1. The van der Waals surface area contributed by atoms with E-state index in [1.54, 1.807) is 4.90 Å². The van der Waals surface area contributed by atoms with Gasteiger partial charge in [0.25, 0.3) is 0 Å². The van der Waals surface area contributed by atoms with Gasteiger partial charge in [0, 0.05) is 31.6 Å². The maximum atomic E-state index is 12.8. The van der Waals surface area contributed by atoms with Crippen molar-refractivity contribution >= 4 is 17.9 Å². The molecule has 4 nitrogen and oxygen atoms in total. The molecule has 2 aromatic rings. The molecule has 7 heteroatoms. The number of halogens is 3. The SMILES string of the molecule is O=C(NCc1ccccc1)C1CCN(C(=O)/C=C/c2cccc(C(F)(F)F)c2)CC1. The van der Waals surface area contributed by atoms with E-state index in [0.29, 0.717) is 38.0 Å². The van der Waals surface area contributed by atoms with Crippen LogP contribution in [0, 0.1) is 5.92 Å². The van der Waals surface area contributed by atoms with Gasteiger partial charge in [-0.25, -0.2) is 0 Å². The Morgan fingerprint density at radius 2 is 1.73 bits per heavy atom. The molecule has 1 heterocycles. The molecule has 1 aliphatic rings. The summed E-state index contributed by atoms with van der Waals surface area (Å²) < 4.78 is 38.3. The molecular formula is C23H23F3N2O2. The highest BCUT2D eigenvalue weighted by Gasteiger charge is 2.30. The van der Waals surface area contributed by atoms with Crippen molar-refractivity contribution in [2.75, 3.05) is 13.1 Å². The summed E-state index contributed by atoms with van der Waals surface area (Å²) in [5.74, 6) is -0.439. The monoisotopic (exact) mass is 416 g/mol. The lowest BCUT2D eigenvalue weighted by molar-refractivity contribution is -0.137. The fourth-order valence-electron chi connectivity index (χ4n) is 3.38. The lowest BCUT2D eigenvalue weighted by atomic mass is 9.95. The third-order valence-corrected chi connectivity index (χ3v) is 5.12. The fraction of sp³-hybridized carbons (Fsp3) is 0.304. The number of benzene rings is 2. The number of nitrogens with one attached hydrogen (secondary N) is 1. The first-order chi connectivity index (χ1) is 14.3. The summed E-state index contributed by atoms with van der Waals surface area (Å²) in [6.45, 7) is 1.35. The predicted molar refractivity (Wildman–Crippen MR) is 108 cm³/mol. The molecule has 158 valence electrons. The second-order valence-corrected chi connectivity index (χ2v) is 7.26. The van der Waals surface area contributed by atoms with Gasteiger partial charge in [-0.2, -0.15) is 13.2 Å². The van der Waals surface area contributed by atoms with Crippen molar-refractivity contribution in [1.29, 1.82) is 0 Å². The molecule has 1 saturated heterocycles. The summed E-state index contributed by atoms with van der Waals surface area (Å²) in [6.07, 6.45) is -0.633. The second kappa shape index (κ2) is 9.61. The number of hydrogen-bond acceptors (Lipinski definition) is 2. The molecule has 2 amide bonds. The van der Waals surface area contributed by atoms with Crippen LogP contribution in [0.25, 0.3) is 6.08 Å². The second-order valence-electron chi connectivity index (χ2n) is 7.26. The lowest BCUT2D eigenvalue weighted by Gasteiger charge is -2.30. The van der Waals surface area contributed by atoms with Crippen molar-refractivity contribution < 1.29 is 22.8 Å². The molecule has 1 fully saturated rings. The van der Waals surface area contributed by atoms with Gasteiger partial charge in [-0.05, 0) is 42.2 Å². The smallest absolute Gasteiger partial charge is 0.352 e. The fourth-order valence-corrected chi connectivity index (χ4v) is 3.38. The summed E-state index contributed by atoms with van der Waals surface area (Å²) >= 11 is 0. The molecule has 0 aliphatic carbocycles. The highest BCUT2D eigenvalue weighted by atomic mass is 19.4. The van der Waals surface area contributed by atoms with Crippen LogP contribution in [0.5, 0.6) is 0 Å². The van der Waals surface area contributed by atoms with Gasteiger partial charge in [0.2, 0.25) is 11.8 Å². The van der Waals surface area contributed by atoms with Crippen molar-refractivity contribution in [1.82, 2.24) is 10.2 Å². The lowest BCUT2D eigenvalue weighted by Crippen LogP contribution is -2.42. The van der Waals surface area contributed by atoms with Crippen molar-refractivity contribution in [3.8, 4) is 0 Å². The molecule has 2 aromatic carbocycles. The van der Waals surface area contributed by atoms with Crippen molar-refractivity contribution in [3.63, 3.8) is 0 Å². The first kappa shape index (κ1) is 21.6. The standard InChI is InChI=1S/C23H23F3N2O2/c24-23(25,26)20-8-4-7-17(15-20)9-10-21(29)28-13-11-19(12-14-28)22(30)27-16-18-5-2-1-3-6-18/h1-10,15,19H,11-14,16H2,(H,27,30)/b10-9+. The third kappa shape index (κ3) is 5.95. The summed E-state index contributed by atoms with van der Waals surface area (Å²) in [5.41, 5.74) is 0.589. The summed E-state index contributed by atoms with van der Waals surface area (Å²) in [6, 6.07) is 14.5. The van der Waals surface area contributed by atoms with Crippen LogP contribution in [0.1, 0.15) is 29.5 Å². The van der Waals surface area contributed by atoms with Gasteiger partial charge in [0.15, 0.2) is 0 Å². The maximum Gasteiger partial charge on any atom is 0.416 e. The topological polar surface area (TPSA) is 49.4 Å². The van der Waals surface area contributed by atoms with Gasteiger partial charge in [-0.3, -0.25) is 9.59 Å².